The average Bonchev–Trinajstić information content (AvgIpc) is 2.15. The molecule has 0 aromatic carbocycles. The van der Waals surface area contributed by atoms with E-state index in [1.807, 2.05) is 0 Å². The lowest BCUT2D eigenvalue weighted by atomic mass is 10.2. The van der Waals surface area contributed by atoms with Gasteiger partial charge in [0.05, 0.1) is 5.75 Å². The number of hydrogen-bond donors (Lipinski definition) is 0. The van der Waals surface area contributed by atoms with Crippen molar-refractivity contribution in [2.75, 3.05) is 18.8 Å². The number of alkyl halides is 1. The fourth-order valence-electron chi connectivity index (χ4n) is 1.66. The Bertz CT molecular complexity index is 290. The molecule has 3 nitrogen and oxygen atoms in total. The first-order valence-corrected chi connectivity index (χ1v) is 8.06. The number of sulfonamides is 1. The van der Waals surface area contributed by atoms with Crippen LogP contribution >= 0.6 is 15.9 Å². The second-order valence-corrected chi connectivity index (χ2v) is 7.98. The summed E-state index contributed by atoms with van der Waals surface area (Å²) in [5, 5.41) is 0. The average molecular weight is 298 g/mol. The number of hydrogen-bond acceptors (Lipinski definition) is 2. The monoisotopic (exact) mass is 297 g/mol. The molecule has 0 amide bonds. The highest BCUT2D eigenvalue weighted by atomic mass is 79.9. The topological polar surface area (TPSA) is 37.4 Å². The minimum atomic E-state index is -3.01. The highest BCUT2D eigenvalue weighted by molar-refractivity contribution is 9.09. The third-order valence-electron chi connectivity index (χ3n) is 2.67. The first-order chi connectivity index (χ1) is 6.92. The molecule has 0 aromatic heterocycles. The van der Waals surface area contributed by atoms with Gasteiger partial charge < -0.3 is 0 Å². The molecule has 0 spiro atoms. The van der Waals surface area contributed by atoms with E-state index in [4.69, 9.17) is 0 Å². The fourth-order valence-corrected chi connectivity index (χ4v) is 4.37. The molecule has 0 aliphatic carbocycles. The van der Waals surface area contributed by atoms with E-state index in [1.165, 1.54) is 0 Å². The highest BCUT2D eigenvalue weighted by Crippen LogP contribution is 2.20. The molecule has 5 heteroatoms. The summed E-state index contributed by atoms with van der Waals surface area (Å²) in [5.41, 5.74) is 0. The van der Waals surface area contributed by atoms with Gasteiger partial charge in [0, 0.05) is 17.9 Å². The van der Waals surface area contributed by atoms with Crippen LogP contribution in [0.4, 0.5) is 0 Å². The maximum absolute atomic E-state index is 11.9. The van der Waals surface area contributed by atoms with E-state index in [2.05, 4.69) is 29.8 Å². The zero-order valence-electron chi connectivity index (χ0n) is 9.45. The Morgan fingerprint density at radius 1 is 1.47 bits per heavy atom. The summed E-state index contributed by atoms with van der Waals surface area (Å²) in [7, 11) is -3.01. The molecule has 0 N–H and O–H groups in total. The molecule has 90 valence electrons. The van der Waals surface area contributed by atoms with Crippen LogP contribution in [0.5, 0.6) is 0 Å². The summed E-state index contributed by atoms with van der Waals surface area (Å²) >= 11 is 3.50. The van der Waals surface area contributed by atoms with E-state index in [9.17, 15) is 8.42 Å². The van der Waals surface area contributed by atoms with Gasteiger partial charge in [-0.15, -0.1) is 0 Å². The van der Waals surface area contributed by atoms with Crippen molar-refractivity contribution in [1.82, 2.24) is 4.31 Å². The van der Waals surface area contributed by atoms with Gasteiger partial charge in [-0.1, -0.05) is 29.8 Å². The predicted octanol–water partition coefficient (Wildman–Crippen LogP) is 2.22. The van der Waals surface area contributed by atoms with Crippen LogP contribution in [0, 0.1) is 5.92 Å². The molecule has 1 heterocycles. The van der Waals surface area contributed by atoms with Gasteiger partial charge in [-0.05, 0) is 25.2 Å². The molecular formula is C10H20BrNO2S. The largest absolute Gasteiger partial charge is 0.214 e. The Hall–Kier alpha value is 0.390. The Kier molecular flexibility index (Phi) is 5.06. The molecule has 15 heavy (non-hydrogen) atoms. The third-order valence-corrected chi connectivity index (χ3v) is 5.29. The van der Waals surface area contributed by atoms with Crippen molar-refractivity contribution in [3.63, 3.8) is 0 Å². The van der Waals surface area contributed by atoms with Crippen LogP contribution in [0.15, 0.2) is 0 Å². The third kappa shape index (κ3) is 4.41. The Balaban J connectivity index is 2.52. The van der Waals surface area contributed by atoms with Crippen molar-refractivity contribution < 1.29 is 8.42 Å². The standard InChI is InChI=1S/C10H20BrNO2S/c1-9(2)5-7-15(13,14)12-6-3-4-10(11)8-12/h9-10H,3-8H2,1-2H3. The van der Waals surface area contributed by atoms with Gasteiger partial charge >= 0.3 is 0 Å². The zero-order valence-corrected chi connectivity index (χ0v) is 11.8. The number of nitrogens with zero attached hydrogens (tertiary/aromatic N) is 1. The van der Waals surface area contributed by atoms with Gasteiger partial charge in [-0.3, -0.25) is 0 Å². The summed E-state index contributed by atoms with van der Waals surface area (Å²) in [4.78, 5) is 0.333. The van der Waals surface area contributed by atoms with Gasteiger partial charge in [-0.2, -0.15) is 0 Å². The predicted molar refractivity (Wildman–Crippen MR) is 66.8 cm³/mol. The Labute approximate surface area is 101 Å². The van der Waals surface area contributed by atoms with Gasteiger partial charge in [0.1, 0.15) is 0 Å². The number of rotatable bonds is 4. The second-order valence-electron chi connectivity index (χ2n) is 4.60. The first kappa shape index (κ1) is 13.5. The smallest absolute Gasteiger partial charge is 0.212 e. The second kappa shape index (κ2) is 5.64. The molecule has 1 unspecified atom stereocenters. The minimum absolute atomic E-state index is 0.296. The minimum Gasteiger partial charge on any atom is -0.212 e. The van der Waals surface area contributed by atoms with E-state index in [0.29, 0.717) is 29.6 Å². The molecular weight excluding hydrogens is 278 g/mol. The maximum Gasteiger partial charge on any atom is 0.214 e. The molecule has 1 rings (SSSR count). The zero-order chi connectivity index (χ0) is 11.5. The number of piperidine rings is 1. The summed E-state index contributed by atoms with van der Waals surface area (Å²) < 4.78 is 25.5. The van der Waals surface area contributed by atoms with Crippen LogP contribution in [0.25, 0.3) is 0 Å². The van der Waals surface area contributed by atoms with Crippen LogP contribution in [0.3, 0.4) is 0 Å². The maximum atomic E-state index is 11.9. The van der Waals surface area contributed by atoms with Crippen molar-refractivity contribution in [2.24, 2.45) is 5.92 Å². The van der Waals surface area contributed by atoms with Crippen LogP contribution in [-0.2, 0) is 10.0 Å². The van der Waals surface area contributed by atoms with E-state index in [-0.39, 0.29) is 0 Å². The molecule has 0 bridgehead atoms. The van der Waals surface area contributed by atoms with Gasteiger partial charge in [-0.25, -0.2) is 12.7 Å². The Morgan fingerprint density at radius 3 is 2.67 bits per heavy atom. The lowest BCUT2D eigenvalue weighted by Crippen LogP contribution is -2.41. The van der Waals surface area contributed by atoms with Crippen LogP contribution in [0.1, 0.15) is 33.1 Å². The van der Waals surface area contributed by atoms with E-state index < -0.39 is 10.0 Å². The van der Waals surface area contributed by atoms with Gasteiger partial charge in [0.25, 0.3) is 0 Å². The van der Waals surface area contributed by atoms with Gasteiger partial charge in [0.15, 0.2) is 0 Å². The summed E-state index contributed by atoms with van der Waals surface area (Å²) in [6.07, 6.45) is 2.80. The van der Waals surface area contributed by atoms with Crippen molar-refractivity contribution >= 4 is 26.0 Å². The fraction of sp³-hybridized carbons (Fsp3) is 1.00. The summed E-state index contributed by atoms with van der Waals surface area (Å²) in [6.45, 7) is 5.45. The summed E-state index contributed by atoms with van der Waals surface area (Å²) in [6, 6.07) is 0. The quantitative estimate of drug-likeness (QED) is 0.746. The normalized spacial score (nSPS) is 24.7. The van der Waals surface area contributed by atoms with E-state index in [0.717, 1.165) is 19.3 Å². The molecule has 1 saturated heterocycles. The molecule has 1 aliphatic rings. The van der Waals surface area contributed by atoms with Crippen LogP contribution in [-0.4, -0.2) is 36.4 Å². The SMILES string of the molecule is CC(C)CCS(=O)(=O)N1CCCC(Br)C1. The molecule has 1 atom stereocenters. The molecule has 1 fully saturated rings. The van der Waals surface area contributed by atoms with E-state index in [1.54, 1.807) is 4.31 Å². The van der Waals surface area contributed by atoms with Crippen molar-refractivity contribution in [3.8, 4) is 0 Å². The van der Waals surface area contributed by atoms with Crippen LogP contribution < -0.4 is 0 Å². The highest BCUT2D eigenvalue weighted by Gasteiger charge is 2.27. The summed E-state index contributed by atoms with van der Waals surface area (Å²) in [5.74, 6) is 0.744. The Morgan fingerprint density at radius 2 is 2.13 bits per heavy atom. The lowest BCUT2D eigenvalue weighted by Gasteiger charge is -2.29. The van der Waals surface area contributed by atoms with Gasteiger partial charge in [0.2, 0.25) is 10.0 Å². The number of halogens is 1. The van der Waals surface area contributed by atoms with Crippen molar-refractivity contribution in [1.29, 1.82) is 0 Å². The van der Waals surface area contributed by atoms with E-state index >= 15 is 0 Å². The van der Waals surface area contributed by atoms with Crippen molar-refractivity contribution in [3.05, 3.63) is 0 Å². The lowest BCUT2D eigenvalue weighted by molar-refractivity contribution is 0.354. The van der Waals surface area contributed by atoms with Crippen LogP contribution in [0.2, 0.25) is 0 Å². The molecule has 0 aromatic rings. The first-order valence-electron chi connectivity index (χ1n) is 5.53. The molecule has 0 saturated carbocycles. The van der Waals surface area contributed by atoms with Crippen molar-refractivity contribution in [2.45, 2.75) is 37.9 Å². The molecule has 1 aliphatic heterocycles. The molecule has 0 radical (unpaired) electrons.